The third-order valence-corrected chi connectivity index (χ3v) is 12.7. The molecule has 6 heterocycles. The number of hydrogen-bond donors (Lipinski definition) is 3. The maximum absolute atomic E-state index is 13.2. The lowest BCUT2D eigenvalue weighted by Gasteiger charge is -2.35. The molecule has 0 spiro atoms. The van der Waals surface area contributed by atoms with Crippen LogP contribution in [0.2, 0.25) is 0 Å². The summed E-state index contributed by atoms with van der Waals surface area (Å²) < 4.78 is 30.4. The minimum Gasteiger partial charge on any atom is -0.382 e. The zero-order valence-corrected chi connectivity index (χ0v) is 39.5. The number of carbonyl (C=O) groups is 5. The van der Waals surface area contributed by atoms with Crippen LogP contribution >= 0.6 is 0 Å². The molecule has 1 aromatic carbocycles. The van der Waals surface area contributed by atoms with Gasteiger partial charge in [0.1, 0.15) is 23.2 Å². The lowest BCUT2D eigenvalue weighted by atomic mass is 10.0. The van der Waals surface area contributed by atoms with E-state index in [2.05, 4.69) is 46.4 Å². The Hall–Kier alpha value is -6.10. The Morgan fingerprint density at radius 2 is 1.46 bits per heavy atom. The second kappa shape index (κ2) is 24.0. The van der Waals surface area contributed by atoms with Crippen molar-refractivity contribution in [2.75, 3.05) is 135 Å². The van der Waals surface area contributed by atoms with E-state index in [1.165, 1.54) is 0 Å². The molecule has 1 atom stereocenters. The molecule has 1 saturated carbocycles. The molecule has 69 heavy (non-hydrogen) atoms. The van der Waals surface area contributed by atoms with Gasteiger partial charge in [-0.05, 0) is 49.6 Å². The number of nitrogens with zero attached hydrogens (tertiary/aromatic N) is 8. The summed E-state index contributed by atoms with van der Waals surface area (Å²) in [5.74, 6) is -1.09. The first-order valence-corrected chi connectivity index (χ1v) is 23.9. The zero-order valence-electron chi connectivity index (χ0n) is 39.5. The van der Waals surface area contributed by atoms with Crippen molar-refractivity contribution in [2.24, 2.45) is 0 Å². The molecule has 3 N–H and O–H groups in total. The largest absolute Gasteiger partial charge is 0.382 e. The van der Waals surface area contributed by atoms with Crippen molar-refractivity contribution < 1.29 is 47.7 Å². The van der Waals surface area contributed by atoms with Crippen LogP contribution in [0, 0.1) is 0 Å². The van der Waals surface area contributed by atoms with Crippen LogP contribution in [0.1, 0.15) is 75.8 Å². The van der Waals surface area contributed by atoms with Crippen LogP contribution in [0.3, 0.4) is 0 Å². The Kier molecular flexibility index (Phi) is 17.1. The molecule has 370 valence electrons. The van der Waals surface area contributed by atoms with Crippen molar-refractivity contribution in [3.8, 4) is 0 Å². The predicted octanol–water partition coefficient (Wildman–Crippen LogP) is 3.11. The van der Waals surface area contributed by atoms with Gasteiger partial charge in [-0.3, -0.25) is 39.1 Å². The lowest BCUT2D eigenvalue weighted by molar-refractivity contribution is -0.136. The van der Waals surface area contributed by atoms with Gasteiger partial charge in [0.15, 0.2) is 0 Å². The van der Waals surface area contributed by atoms with Crippen LogP contribution in [0.15, 0.2) is 48.8 Å². The SMILES string of the molecule is CN(C)C(=O)c1cc2cnc(Nc3ccc(N4CCN(CCOCCOCCOCCOCCOCCNc5cccc6c5C(=O)N(C5CCC(=O)NC5=O)C6=O)CC4)cn3)nc2n1C1CCCC1. The topological polar surface area (TPSA) is 224 Å². The lowest BCUT2D eigenvalue weighted by Crippen LogP contribution is -2.54. The summed E-state index contributed by atoms with van der Waals surface area (Å²) in [6.45, 7) is 9.41. The fourth-order valence-corrected chi connectivity index (χ4v) is 9.08. The number of benzene rings is 1. The molecular formula is C48H63N11O10. The Bertz CT molecular complexity index is 2420. The van der Waals surface area contributed by atoms with E-state index in [1.807, 2.05) is 18.3 Å². The van der Waals surface area contributed by atoms with E-state index in [4.69, 9.17) is 28.7 Å². The van der Waals surface area contributed by atoms with Gasteiger partial charge in [-0.1, -0.05) is 18.9 Å². The summed E-state index contributed by atoms with van der Waals surface area (Å²) in [5, 5.41) is 9.47. The van der Waals surface area contributed by atoms with E-state index in [-0.39, 0.29) is 35.9 Å². The van der Waals surface area contributed by atoms with Crippen molar-refractivity contribution in [1.29, 1.82) is 0 Å². The van der Waals surface area contributed by atoms with Gasteiger partial charge in [-0.25, -0.2) is 9.97 Å². The maximum atomic E-state index is 13.2. The number of hydrogen-bond acceptors (Lipinski definition) is 17. The minimum atomic E-state index is -1.01. The highest BCUT2D eigenvalue weighted by atomic mass is 16.6. The number of anilines is 4. The van der Waals surface area contributed by atoms with Crippen molar-refractivity contribution in [1.82, 2.24) is 39.5 Å². The second-order valence-electron chi connectivity index (χ2n) is 17.5. The average molecular weight is 954 g/mol. The molecule has 0 bridgehead atoms. The smallest absolute Gasteiger partial charge is 0.270 e. The van der Waals surface area contributed by atoms with Crippen molar-refractivity contribution in [3.63, 3.8) is 0 Å². The molecule has 21 heteroatoms. The third-order valence-electron chi connectivity index (χ3n) is 12.7. The van der Waals surface area contributed by atoms with Gasteiger partial charge in [0.2, 0.25) is 17.8 Å². The standard InChI is InChI=1S/C48H63N11O10/c1-55(2)46(63)39-30-33-31-51-48(54-43(33)58(39)34-6-3-4-7-34)52-40-12-10-35(32-50-40)57-17-15-56(16-18-57)19-21-66-23-25-68-27-29-69-28-26-67-24-22-65-20-14-49-37-9-5-8-36-42(37)47(64)59(45(36)62)38-11-13-41(60)53-44(38)61/h5,8-10,12,30-32,34,38,49H,3-4,6-7,11,13-29H2,1-2H3,(H,53,60,61)(H,50,51,52,54). The van der Waals surface area contributed by atoms with Crippen LogP contribution in [-0.4, -0.2) is 189 Å². The van der Waals surface area contributed by atoms with E-state index in [1.54, 1.807) is 43.4 Å². The Labute approximate surface area is 401 Å². The summed E-state index contributed by atoms with van der Waals surface area (Å²) in [5.41, 5.74) is 3.40. The zero-order chi connectivity index (χ0) is 48.1. The number of imide groups is 2. The van der Waals surface area contributed by atoms with E-state index >= 15 is 0 Å². The average Bonchev–Trinajstić information content (AvgIpc) is 4.08. The normalized spacial score (nSPS) is 17.8. The molecule has 5 amide bonds. The van der Waals surface area contributed by atoms with Crippen LogP contribution in [0.4, 0.5) is 23.1 Å². The van der Waals surface area contributed by atoms with Gasteiger partial charge < -0.3 is 48.7 Å². The predicted molar refractivity (Wildman–Crippen MR) is 255 cm³/mol. The number of piperidine rings is 1. The van der Waals surface area contributed by atoms with Gasteiger partial charge in [0, 0.05) is 83.1 Å². The van der Waals surface area contributed by atoms with Gasteiger partial charge >= 0.3 is 0 Å². The number of amides is 5. The maximum Gasteiger partial charge on any atom is 0.270 e. The van der Waals surface area contributed by atoms with E-state index in [0.29, 0.717) is 95.8 Å². The number of fused-ring (bicyclic) bond motifs is 2. The molecule has 4 aliphatic rings. The fourth-order valence-electron chi connectivity index (χ4n) is 9.08. The Balaban J connectivity index is 0.617. The first-order chi connectivity index (χ1) is 33.7. The van der Waals surface area contributed by atoms with E-state index < -0.39 is 29.7 Å². The first-order valence-electron chi connectivity index (χ1n) is 23.9. The molecular weight excluding hydrogens is 891 g/mol. The molecule has 2 saturated heterocycles. The highest BCUT2D eigenvalue weighted by Crippen LogP contribution is 2.35. The fraction of sp³-hybridized carbons (Fsp3) is 0.542. The molecule has 3 aliphatic heterocycles. The first kappa shape index (κ1) is 49.3. The highest BCUT2D eigenvalue weighted by Gasteiger charge is 2.45. The molecule has 21 nitrogen and oxygen atoms in total. The molecule has 1 aliphatic carbocycles. The number of rotatable bonds is 25. The van der Waals surface area contributed by atoms with Crippen molar-refractivity contribution in [2.45, 2.75) is 50.6 Å². The monoisotopic (exact) mass is 953 g/mol. The van der Waals surface area contributed by atoms with Crippen molar-refractivity contribution in [3.05, 3.63) is 65.6 Å². The third kappa shape index (κ3) is 12.4. The van der Waals surface area contributed by atoms with Crippen LogP contribution < -0.4 is 20.9 Å². The van der Waals surface area contributed by atoms with Crippen LogP contribution in [-0.2, 0) is 33.3 Å². The van der Waals surface area contributed by atoms with Gasteiger partial charge in [0.25, 0.3) is 17.7 Å². The number of ether oxygens (including phenoxy) is 5. The number of piperazine rings is 1. The Morgan fingerprint density at radius 1 is 0.783 bits per heavy atom. The second-order valence-corrected chi connectivity index (χ2v) is 17.5. The van der Waals surface area contributed by atoms with E-state index in [0.717, 1.165) is 80.0 Å². The summed E-state index contributed by atoms with van der Waals surface area (Å²) >= 11 is 0. The number of pyridine rings is 1. The highest BCUT2D eigenvalue weighted by molar-refractivity contribution is 6.25. The molecule has 8 rings (SSSR count). The number of aromatic nitrogens is 4. The summed E-state index contributed by atoms with van der Waals surface area (Å²) in [6, 6.07) is 10.1. The molecule has 4 aromatic rings. The van der Waals surface area contributed by atoms with Crippen LogP contribution in [0.5, 0.6) is 0 Å². The number of nitrogens with one attached hydrogen (secondary N) is 3. The summed E-state index contributed by atoms with van der Waals surface area (Å²) in [7, 11) is 3.55. The molecule has 1 unspecified atom stereocenters. The molecule has 3 fully saturated rings. The molecule has 0 radical (unpaired) electrons. The van der Waals surface area contributed by atoms with Gasteiger partial charge in [-0.2, -0.15) is 4.98 Å². The van der Waals surface area contributed by atoms with Crippen LogP contribution in [0.25, 0.3) is 11.0 Å². The Morgan fingerprint density at radius 3 is 2.12 bits per heavy atom. The minimum absolute atomic E-state index is 0.0321. The van der Waals surface area contributed by atoms with Gasteiger partial charge in [-0.15, -0.1) is 0 Å². The van der Waals surface area contributed by atoms with E-state index in [9.17, 15) is 24.0 Å². The molecule has 3 aromatic heterocycles. The summed E-state index contributed by atoms with van der Waals surface area (Å²) in [4.78, 5) is 84.6. The van der Waals surface area contributed by atoms with Crippen molar-refractivity contribution >= 4 is 63.7 Å². The number of carbonyl (C=O) groups excluding carboxylic acids is 5. The summed E-state index contributed by atoms with van der Waals surface area (Å²) in [6.07, 6.45) is 8.19. The van der Waals surface area contributed by atoms with Gasteiger partial charge in [0.05, 0.1) is 89.1 Å². The quantitative estimate of drug-likeness (QED) is 0.0641.